The van der Waals surface area contributed by atoms with Crippen molar-refractivity contribution in [1.29, 1.82) is 0 Å². The van der Waals surface area contributed by atoms with E-state index < -0.39 is 17.6 Å². The fourth-order valence-electron chi connectivity index (χ4n) is 3.92. The summed E-state index contributed by atoms with van der Waals surface area (Å²) in [7, 11) is 3.14. The zero-order valence-corrected chi connectivity index (χ0v) is 18.4. The van der Waals surface area contributed by atoms with Gasteiger partial charge in [0.25, 0.3) is 5.91 Å². The Balaban J connectivity index is 1.95. The van der Waals surface area contributed by atoms with Crippen molar-refractivity contribution < 1.29 is 23.5 Å². The maximum atomic E-state index is 14.2. The van der Waals surface area contributed by atoms with Gasteiger partial charge in [0.2, 0.25) is 5.91 Å². The lowest BCUT2D eigenvalue weighted by Crippen LogP contribution is -2.37. The zero-order valence-electron chi connectivity index (χ0n) is 18.4. The van der Waals surface area contributed by atoms with Crippen LogP contribution in [-0.4, -0.2) is 50.6 Å². The Bertz CT molecular complexity index is 947. The molecule has 0 aromatic heterocycles. The van der Waals surface area contributed by atoms with Crippen molar-refractivity contribution in [2.45, 2.75) is 19.8 Å². The van der Waals surface area contributed by atoms with Crippen molar-refractivity contribution in [3.63, 3.8) is 0 Å². The van der Waals surface area contributed by atoms with Gasteiger partial charge in [-0.25, -0.2) is 4.39 Å². The van der Waals surface area contributed by atoms with Crippen LogP contribution in [0, 0.1) is 17.7 Å². The monoisotopic (exact) mass is 428 g/mol. The molecule has 0 aliphatic carbocycles. The first kappa shape index (κ1) is 22.6. The van der Waals surface area contributed by atoms with Gasteiger partial charge in [-0.3, -0.25) is 9.59 Å². The van der Waals surface area contributed by atoms with Gasteiger partial charge in [0, 0.05) is 31.1 Å². The number of rotatable bonds is 7. The average molecular weight is 429 g/mol. The molecule has 166 valence electrons. The molecule has 31 heavy (non-hydrogen) atoms. The third-order valence-electron chi connectivity index (χ3n) is 5.57. The van der Waals surface area contributed by atoms with E-state index in [2.05, 4.69) is 5.32 Å². The first-order valence-electron chi connectivity index (χ1n) is 10.4. The SMILES string of the molecule is COc1ccc(OC)c(C2CN(C(=O)c3ccccc3F)CC2C(=O)NCC(C)C)c1. The minimum Gasteiger partial charge on any atom is -0.497 e. The van der Waals surface area contributed by atoms with Crippen LogP contribution in [0.5, 0.6) is 11.5 Å². The molecular formula is C24H29FN2O4. The summed E-state index contributed by atoms with van der Waals surface area (Å²) < 4.78 is 25.1. The van der Waals surface area contributed by atoms with Gasteiger partial charge in [-0.05, 0) is 36.2 Å². The van der Waals surface area contributed by atoms with Crippen LogP contribution in [0.4, 0.5) is 4.39 Å². The molecule has 1 N–H and O–H groups in total. The number of hydrogen-bond donors (Lipinski definition) is 1. The molecule has 2 atom stereocenters. The van der Waals surface area contributed by atoms with Crippen molar-refractivity contribution in [2.75, 3.05) is 33.9 Å². The highest BCUT2D eigenvalue weighted by Crippen LogP contribution is 2.40. The number of methoxy groups -OCH3 is 2. The predicted molar refractivity (Wildman–Crippen MR) is 116 cm³/mol. The Morgan fingerprint density at radius 3 is 2.52 bits per heavy atom. The number of benzene rings is 2. The van der Waals surface area contributed by atoms with Gasteiger partial charge >= 0.3 is 0 Å². The smallest absolute Gasteiger partial charge is 0.256 e. The second-order valence-corrected chi connectivity index (χ2v) is 8.15. The molecule has 2 amide bonds. The molecule has 1 saturated heterocycles. The number of carbonyl (C=O) groups excluding carboxylic acids is 2. The normalized spacial score (nSPS) is 18.2. The Labute approximate surface area is 182 Å². The third kappa shape index (κ3) is 4.98. The van der Waals surface area contributed by atoms with Crippen LogP contribution in [0.15, 0.2) is 42.5 Å². The van der Waals surface area contributed by atoms with Crippen molar-refractivity contribution in [2.24, 2.45) is 11.8 Å². The highest BCUT2D eigenvalue weighted by atomic mass is 19.1. The number of nitrogens with zero attached hydrogens (tertiary/aromatic N) is 1. The molecule has 7 heteroatoms. The molecule has 1 fully saturated rings. The number of nitrogens with one attached hydrogen (secondary N) is 1. The quantitative estimate of drug-likeness (QED) is 0.733. The number of ether oxygens (including phenoxy) is 2. The van der Waals surface area contributed by atoms with Crippen LogP contribution in [0.3, 0.4) is 0 Å². The van der Waals surface area contributed by atoms with Crippen molar-refractivity contribution in [1.82, 2.24) is 10.2 Å². The molecule has 1 heterocycles. The summed E-state index contributed by atoms with van der Waals surface area (Å²) in [4.78, 5) is 27.7. The summed E-state index contributed by atoms with van der Waals surface area (Å²) in [6.45, 7) is 5.05. The molecule has 2 aromatic carbocycles. The van der Waals surface area contributed by atoms with Crippen molar-refractivity contribution >= 4 is 11.8 Å². The van der Waals surface area contributed by atoms with Crippen LogP contribution in [0.1, 0.15) is 35.7 Å². The molecule has 0 spiro atoms. The van der Waals surface area contributed by atoms with Crippen LogP contribution in [0.2, 0.25) is 0 Å². The van der Waals surface area contributed by atoms with Gasteiger partial charge in [0.05, 0.1) is 25.7 Å². The Morgan fingerprint density at radius 1 is 1.13 bits per heavy atom. The van der Waals surface area contributed by atoms with E-state index >= 15 is 0 Å². The summed E-state index contributed by atoms with van der Waals surface area (Å²) in [5.41, 5.74) is 0.789. The van der Waals surface area contributed by atoms with Gasteiger partial charge in [0.15, 0.2) is 0 Å². The fraction of sp³-hybridized carbons (Fsp3) is 0.417. The summed E-state index contributed by atoms with van der Waals surface area (Å²) in [6.07, 6.45) is 0. The lowest BCUT2D eigenvalue weighted by molar-refractivity contribution is -0.125. The van der Waals surface area contributed by atoms with E-state index in [0.717, 1.165) is 5.56 Å². The van der Waals surface area contributed by atoms with Crippen LogP contribution >= 0.6 is 0 Å². The number of hydrogen-bond acceptors (Lipinski definition) is 4. The van der Waals surface area contributed by atoms with Crippen molar-refractivity contribution in [3.8, 4) is 11.5 Å². The standard InChI is InChI=1S/C24H29FN2O4/c1-15(2)12-26-23(28)20-14-27(24(29)17-7-5-6-8-21(17)25)13-19(20)18-11-16(30-3)9-10-22(18)31-4/h5-11,15,19-20H,12-14H2,1-4H3,(H,26,28). The van der Waals surface area contributed by atoms with E-state index in [0.29, 0.717) is 24.0 Å². The minimum absolute atomic E-state index is 0.00194. The molecule has 0 radical (unpaired) electrons. The molecule has 3 rings (SSSR count). The Kier molecular flexibility index (Phi) is 7.15. The topological polar surface area (TPSA) is 67.9 Å². The van der Waals surface area contributed by atoms with E-state index in [1.54, 1.807) is 43.4 Å². The lowest BCUT2D eigenvalue weighted by Gasteiger charge is -2.21. The van der Waals surface area contributed by atoms with Gasteiger partial charge in [-0.1, -0.05) is 26.0 Å². The first-order chi connectivity index (χ1) is 14.8. The number of carbonyl (C=O) groups is 2. The summed E-state index contributed by atoms with van der Waals surface area (Å²) >= 11 is 0. The third-order valence-corrected chi connectivity index (χ3v) is 5.57. The van der Waals surface area contributed by atoms with E-state index in [9.17, 15) is 14.0 Å². The van der Waals surface area contributed by atoms with E-state index in [1.165, 1.54) is 12.1 Å². The largest absolute Gasteiger partial charge is 0.497 e. The van der Waals surface area contributed by atoms with Crippen LogP contribution in [0.25, 0.3) is 0 Å². The highest BCUT2D eigenvalue weighted by molar-refractivity contribution is 5.95. The molecule has 1 aliphatic heterocycles. The molecule has 6 nitrogen and oxygen atoms in total. The molecular weight excluding hydrogens is 399 g/mol. The number of likely N-dealkylation sites (tertiary alicyclic amines) is 1. The Hall–Kier alpha value is -3.09. The molecule has 0 saturated carbocycles. The van der Waals surface area contributed by atoms with Gasteiger partial charge < -0.3 is 19.7 Å². The van der Waals surface area contributed by atoms with Crippen molar-refractivity contribution in [3.05, 3.63) is 59.4 Å². The molecule has 0 bridgehead atoms. The maximum absolute atomic E-state index is 14.2. The first-order valence-corrected chi connectivity index (χ1v) is 10.4. The summed E-state index contributed by atoms with van der Waals surface area (Å²) in [5.74, 6) is -0.384. The van der Waals surface area contributed by atoms with Gasteiger partial charge in [-0.15, -0.1) is 0 Å². The summed E-state index contributed by atoms with van der Waals surface area (Å²) in [6, 6.07) is 11.3. The fourth-order valence-corrected chi connectivity index (χ4v) is 3.92. The highest BCUT2D eigenvalue weighted by Gasteiger charge is 2.42. The van der Waals surface area contributed by atoms with Gasteiger partial charge in [0.1, 0.15) is 17.3 Å². The number of amides is 2. The van der Waals surface area contributed by atoms with Crippen LogP contribution < -0.4 is 14.8 Å². The molecule has 2 aromatic rings. The average Bonchev–Trinajstić information content (AvgIpc) is 3.22. The predicted octanol–water partition coefficient (Wildman–Crippen LogP) is 3.47. The molecule has 1 aliphatic rings. The minimum atomic E-state index is -0.573. The zero-order chi connectivity index (χ0) is 22.5. The summed E-state index contributed by atoms with van der Waals surface area (Å²) in [5, 5.41) is 2.98. The Morgan fingerprint density at radius 2 is 1.87 bits per heavy atom. The maximum Gasteiger partial charge on any atom is 0.256 e. The van der Waals surface area contributed by atoms with Gasteiger partial charge in [-0.2, -0.15) is 0 Å². The molecule has 2 unspecified atom stereocenters. The number of halogens is 1. The lowest BCUT2D eigenvalue weighted by atomic mass is 9.87. The van der Waals surface area contributed by atoms with E-state index in [4.69, 9.17) is 9.47 Å². The van der Waals surface area contributed by atoms with Crippen LogP contribution in [-0.2, 0) is 4.79 Å². The van der Waals surface area contributed by atoms with E-state index in [1.807, 2.05) is 19.9 Å². The van der Waals surface area contributed by atoms with E-state index in [-0.39, 0.29) is 30.5 Å². The second kappa shape index (κ2) is 9.81. The second-order valence-electron chi connectivity index (χ2n) is 8.15.